The summed E-state index contributed by atoms with van der Waals surface area (Å²) in [6, 6.07) is 6.82. The number of carbonyl (C=O) groups is 1. The number of amides is 1. The summed E-state index contributed by atoms with van der Waals surface area (Å²) in [4.78, 5) is 12.0. The molecule has 0 spiro atoms. The van der Waals surface area contributed by atoms with Gasteiger partial charge in [0, 0.05) is 6.42 Å². The Morgan fingerprint density at radius 1 is 1.42 bits per heavy atom. The molecule has 0 aromatic heterocycles. The number of nitrogens with one attached hydrogen (secondary N) is 2. The second kappa shape index (κ2) is 6.57. The first-order valence-corrected chi connectivity index (χ1v) is 6.95. The molecular formula is C15H22N2O2. The van der Waals surface area contributed by atoms with Gasteiger partial charge in [0.15, 0.2) is 0 Å². The van der Waals surface area contributed by atoms with Crippen LogP contribution in [-0.2, 0) is 4.79 Å². The molecule has 1 fully saturated rings. The van der Waals surface area contributed by atoms with Crippen molar-refractivity contribution in [1.82, 2.24) is 5.32 Å². The van der Waals surface area contributed by atoms with Gasteiger partial charge < -0.3 is 15.7 Å². The summed E-state index contributed by atoms with van der Waals surface area (Å²) in [5, 5.41) is 15.7. The Kier molecular flexibility index (Phi) is 4.80. The molecule has 2 rings (SSSR count). The molecule has 19 heavy (non-hydrogen) atoms. The van der Waals surface area contributed by atoms with Crippen LogP contribution in [0.15, 0.2) is 24.3 Å². The fourth-order valence-electron chi connectivity index (χ4n) is 2.65. The quantitative estimate of drug-likeness (QED) is 0.730. The third-order valence-electron chi connectivity index (χ3n) is 3.87. The lowest BCUT2D eigenvalue weighted by molar-refractivity contribution is -0.117. The number of hydrogen-bond acceptors (Lipinski definition) is 3. The maximum absolute atomic E-state index is 12.0. The van der Waals surface area contributed by atoms with Crippen LogP contribution in [0.25, 0.3) is 0 Å². The second-order valence-corrected chi connectivity index (χ2v) is 5.33. The third kappa shape index (κ3) is 3.96. The highest BCUT2D eigenvalue weighted by atomic mass is 16.3. The van der Waals surface area contributed by atoms with Crippen molar-refractivity contribution >= 4 is 11.6 Å². The number of carbonyl (C=O) groups excluding carboxylic acids is 1. The highest BCUT2D eigenvalue weighted by Crippen LogP contribution is 2.26. The van der Waals surface area contributed by atoms with Gasteiger partial charge in [0.2, 0.25) is 5.91 Å². The largest absolute Gasteiger partial charge is 0.506 e. The summed E-state index contributed by atoms with van der Waals surface area (Å²) in [5.74, 6) is 1.10. The molecule has 1 saturated heterocycles. The van der Waals surface area contributed by atoms with Crippen molar-refractivity contribution in [2.75, 3.05) is 18.4 Å². The van der Waals surface area contributed by atoms with Crippen LogP contribution in [0.5, 0.6) is 5.75 Å². The van der Waals surface area contributed by atoms with Crippen LogP contribution in [0.2, 0.25) is 0 Å². The predicted molar refractivity (Wildman–Crippen MR) is 76.1 cm³/mol. The zero-order valence-corrected chi connectivity index (χ0v) is 11.4. The van der Waals surface area contributed by atoms with Gasteiger partial charge in [0.05, 0.1) is 5.69 Å². The molecule has 1 aromatic carbocycles. The summed E-state index contributed by atoms with van der Waals surface area (Å²) in [6.07, 6.45) is 2.80. The van der Waals surface area contributed by atoms with E-state index in [0.717, 1.165) is 25.9 Å². The SMILES string of the molecule is CC(CC(=O)Nc1ccccc1O)C1CCNCC1. The second-order valence-electron chi connectivity index (χ2n) is 5.33. The van der Waals surface area contributed by atoms with Crippen molar-refractivity contribution in [2.24, 2.45) is 11.8 Å². The standard InChI is InChI=1S/C15H22N2O2/c1-11(12-6-8-16-9-7-12)10-15(19)17-13-4-2-3-5-14(13)18/h2-5,11-12,16,18H,6-10H2,1H3,(H,17,19). The Morgan fingerprint density at radius 2 is 2.11 bits per heavy atom. The Hall–Kier alpha value is -1.55. The lowest BCUT2D eigenvalue weighted by Crippen LogP contribution is -2.32. The van der Waals surface area contributed by atoms with Gasteiger partial charge in [-0.2, -0.15) is 0 Å². The number of phenols is 1. The van der Waals surface area contributed by atoms with E-state index in [1.165, 1.54) is 0 Å². The zero-order valence-electron chi connectivity index (χ0n) is 11.4. The van der Waals surface area contributed by atoms with Gasteiger partial charge in [-0.25, -0.2) is 0 Å². The van der Waals surface area contributed by atoms with E-state index >= 15 is 0 Å². The van der Waals surface area contributed by atoms with Gasteiger partial charge in [0.25, 0.3) is 0 Å². The Balaban J connectivity index is 1.85. The average molecular weight is 262 g/mol. The van der Waals surface area contributed by atoms with Gasteiger partial charge in [-0.05, 0) is 49.9 Å². The van der Waals surface area contributed by atoms with Gasteiger partial charge in [-0.3, -0.25) is 4.79 Å². The van der Waals surface area contributed by atoms with E-state index in [9.17, 15) is 9.90 Å². The van der Waals surface area contributed by atoms with Crippen LogP contribution < -0.4 is 10.6 Å². The molecule has 0 saturated carbocycles. The van der Waals surface area contributed by atoms with Gasteiger partial charge in [-0.1, -0.05) is 19.1 Å². The minimum Gasteiger partial charge on any atom is -0.506 e. The number of benzene rings is 1. The van der Waals surface area contributed by atoms with Crippen LogP contribution in [0.1, 0.15) is 26.2 Å². The number of hydrogen-bond donors (Lipinski definition) is 3. The van der Waals surface area contributed by atoms with Crippen molar-refractivity contribution in [2.45, 2.75) is 26.2 Å². The van der Waals surface area contributed by atoms with E-state index in [4.69, 9.17) is 0 Å². The first kappa shape index (κ1) is 13.9. The Morgan fingerprint density at radius 3 is 2.79 bits per heavy atom. The smallest absolute Gasteiger partial charge is 0.224 e. The molecule has 0 aliphatic carbocycles. The highest BCUT2D eigenvalue weighted by molar-refractivity contribution is 5.92. The van der Waals surface area contributed by atoms with Crippen molar-refractivity contribution in [3.63, 3.8) is 0 Å². The Labute approximate surface area is 114 Å². The summed E-state index contributed by atoms with van der Waals surface area (Å²) in [7, 11) is 0. The summed E-state index contributed by atoms with van der Waals surface area (Å²) in [6.45, 7) is 4.24. The maximum Gasteiger partial charge on any atom is 0.224 e. The van der Waals surface area contributed by atoms with Crippen molar-refractivity contribution in [1.29, 1.82) is 0 Å². The fourth-order valence-corrected chi connectivity index (χ4v) is 2.65. The number of piperidine rings is 1. The minimum atomic E-state index is -0.0208. The number of phenolic OH excluding ortho intramolecular Hbond substituents is 1. The van der Waals surface area contributed by atoms with Gasteiger partial charge in [0.1, 0.15) is 5.75 Å². The van der Waals surface area contributed by atoms with Crippen molar-refractivity contribution < 1.29 is 9.90 Å². The molecule has 1 aliphatic rings. The first-order chi connectivity index (χ1) is 9.16. The molecular weight excluding hydrogens is 240 g/mol. The average Bonchev–Trinajstić information content (AvgIpc) is 2.42. The lowest BCUT2D eigenvalue weighted by atomic mass is 9.84. The number of anilines is 1. The fraction of sp³-hybridized carbons (Fsp3) is 0.533. The number of rotatable bonds is 4. The molecule has 0 radical (unpaired) electrons. The molecule has 1 unspecified atom stereocenters. The zero-order chi connectivity index (χ0) is 13.7. The van der Waals surface area contributed by atoms with Crippen molar-refractivity contribution in [3.8, 4) is 5.75 Å². The first-order valence-electron chi connectivity index (χ1n) is 6.95. The van der Waals surface area contributed by atoms with Crippen molar-refractivity contribution in [3.05, 3.63) is 24.3 Å². The number of aromatic hydroxyl groups is 1. The van der Waals surface area contributed by atoms with Gasteiger partial charge in [-0.15, -0.1) is 0 Å². The lowest BCUT2D eigenvalue weighted by Gasteiger charge is -2.27. The van der Waals surface area contributed by atoms with Crippen LogP contribution in [0, 0.1) is 11.8 Å². The van der Waals surface area contributed by atoms with E-state index in [0.29, 0.717) is 23.9 Å². The molecule has 1 aliphatic heterocycles. The topological polar surface area (TPSA) is 61.4 Å². The molecule has 1 amide bonds. The molecule has 4 heteroatoms. The molecule has 0 bridgehead atoms. The van der Waals surface area contributed by atoms with E-state index in [1.807, 2.05) is 0 Å². The summed E-state index contributed by atoms with van der Waals surface area (Å²) < 4.78 is 0. The van der Waals surface area contributed by atoms with E-state index in [1.54, 1.807) is 24.3 Å². The van der Waals surface area contributed by atoms with Crippen LogP contribution in [0.3, 0.4) is 0 Å². The maximum atomic E-state index is 12.0. The number of para-hydroxylation sites is 2. The van der Waals surface area contributed by atoms with Crippen LogP contribution in [-0.4, -0.2) is 24.1 Å². The minimum absolute atomic E-state index is 0.0208. The third-order valence-corrected chi connectivity index (χ3v) is 3.87. The molecule has 1 aromatic rings. The summed E-state index contributed by atoms with van der Waals surface area (Å²) in [5.41, 5.74) is 0.491. The summed E-state index contributed by atoms with van der Waals surface area (Å²) >= 11 is 0. The predicted octanol–water partition coefficient (Wildman–Crippen LogP) is 2.36. The van der Waals surface area contributed by atoms with E-state index < -0.39 is 0 Å². The van der Waals surface area contributed by atoms with E-state index in [2.05, 4.69) is 17.6 Å². The van der Waals surface area contributed by atoms with Gasteiger partial charge >= 0.3 is 0 Å². The monoisotopic (exact) mass is 262 g/mol. The van der Waals surface area contributed by atoms with Crippen LogP contribution >= 0.6 is 0 Å². The highest BCUT2D eigenvalue weighted by Gasteiger charge is 2.22. The molecule has 1 heterocycles. The Bertz CT molecular complexity index is 428. The molecule has 1 atom stereocenters. The van der Waals surface area contributed by atoms with Crippen LogP contribution in [0.4, 0.5) is 5.69 Å². The normalized spacial score (nSPS) is 17.9. The molecule has 104 valence electrons. The van der Waals surface area contributed by atoms with E-state index in [-0.39, 0.29) is 11.7 Å². The molecule has 4 nitrogen and oxygen atoms in total. The molecule has 3 N–H and O–H groups in total.